The fraction of sp³-hybridized carbons (Fsp3) is 0.421. The van der Waals surface area contributed by atoms with Crippen LogP contribution in [0.2, 0.25) is 10.0 Å². The molecule has 7 heteroatoms. The van der Waals surface area contributed by atoms with Gasteiger partial charge in [-0.25, -0.2) is 4.98 Å². The van der Waals surface area contributed by atoms with Crippen molar-refractivity contribution in [1.82, 2.24) is 19.6 Å². The summed E-state index contributed by atoms with van der Waals surface area (Å²) in [6, 6.07) is 5.32. The van der Waals surface area contributed by atoms with E-state index >= 15 is 0 Å². The molecule has 0 bridgehead atoms. The molecule has 0 spiro atoms. The number of fused-ring (bicyclic) bond motifs is 1. The normalized spacial score (nSPS) is 14.1. The summed E-state index contributed by atoms with van der Waals surface area (Å²) in [6.07, 6.45) is 9.54. The van der Waals surface area contributed by atoms with Crippen molar-refractivity contribution in [1.29, 1.82) is 0 Å². The van der Waals surface area contributed by atoms with E-state index in [1.54, 1.807) is 16.6 Å². The Bertz CT molecular complexity index is 933. The fourth-order valence-corrected chi connectivity index (χ4v) is 3.61. The summed E-state index contributed by atoms with van der Waals surface area (Å²) in [5.74, 6) is 2.29. The summed E-state index contributed by atoms with van der Waals surface area (Å²) in [4.78, 5) is 9.08. The highest BCUT2D eigenvalue weighted by molar-refractivity contribution is 6.36. The van der Waals surface area contributed by atoms with Gasteiger partial charge in [0.1, 0.15) is 5.82 Å². The zero-order chi connectivity index (χ0) is 18.1. The van der Waals surface area contributed by atoms with Crippen LogP contribution in [0.25, 0.3) is 5.65 Å². The van der Waals surface area contributed by atoms with Crippen molar-refractivity contribution in [2.75, 3.05) is 5.32 Å². The highest BCUT2D eigenvalue weighted by Crippen LogP contribution is 2.34. The van der Waals surface area contributed by atoms with Crippen molar-refractivity contribution in [3.63, 3.8) is 0 Å². The van der Waals surface area contributed by atoms with E-state index in [1.807, 2.05) is 19.2 Å². The minimum absolute atomic E-state index is 0.536. The van der Waals surface area contributed by atoms with Gasteiger partial charge in [-0.15, -0.1) is 0 Å². The third-order valence-corrected chi connectivity index (χ3v) is 5.28. The first kappa shape index (κ1) is 17.6. The minimum atomic E-state index is 0.536. The van der Waals surface area contributed by atoms with Crippen LogP contribution in [-0.4, -0.2) is 19.6 Å². The summed E-state index contributed by atoms with van der Waals surface area (Å²) in [5, 5.41) is 8.87. The van der Waals surface area contributed by atoms with Crippen molar-refractivity contribution in [2.24, 2.45) is 5.92 Å². The second kappa shape index (κ2) is 7.41. The maximum atomic E-state index is 6.27. The average molecular weight is 390 g/mol. The van der Waals surface area contributed by atoms with Crippen molar-refractivity contribution < 1.29 is 0 Å². The van der Waals surface area contributed by atoms with Crippen LogP contribution >= 0.6 is 23.2 Å². The zero-order valence-electron chi connectivity index (χ0n) is 14.7. The van der Waals surface area contributed by atoms with E-state index in [4.69, 9.17) is 23.2 Å². The van der Waals surface area contributed by atoms with E-state index < -0.39 is 0 Å². The highest BCUT2D eigenvalue weighted by atomic mass is 35.5. The predicted octanol–water partition coefficient (Wildman–Crippen LogP) is 5.61. The van der Waals surface area contributed by atoms with Gasteiger partial charge in [0, 0.05) is 10.6 Å². The van der Waals surface area contributed by atoms with Gasteiger partial charge in [0.15, 0.2) is 5.65 Å². The van der Waals surface area contributed by atoms with Gasteiger partial charge in [-0.1, -0.05) is 48.9 Å². The predicted molar refractivity (Wildman–Crippen MR) is 106 cm³/mol. The van der Waals surface area contributed by atoms with Crippen molar-refractivity contribution in [3.8, 4) is 0 Å². The molecule has 1 aliphatic carbocycles. The summed E-state index contributed by atoms with van der Waals surface area (Å²) >= 11 is 12.2. The number of hydrogen-bond donors (Lipinski definition) is 1. The lowest BCUT2D eigenvalue weighted by Crippen LogP contribution is -2.06. The Hall–Kier alpha value is -1.85. The number of rotatable bonds is 7. The van der Waals surface area contributed by atoms with E-state index in [1.165, 1.54) is 32.1 Å². The van der Waals surface area contributed by atoms with Crippen LogP contribution < -0.4 is 5.32 Å². The number of nitrogens with one attached hydrogen (secondary N) is 1. The van der Waals surface area contributed by atoms with E-state index in [-0.39, 0.29) is 0 Å². The molecule has 1 saturated carbocycles. The summed E-state index contributed by atoms with van der Waals surface area (Å²) in [5.41, 5.74) is 2.75. The van der Waals surface area contributed by atoms with Crippen LogP contribution in [0.3, 0.4) is 0 Å². The monoisotopic (exact) mass is 389 g/mol. The summed E-state index contributed by atoms with van der Waals surface area (Å²) in [7, 11) is 0. The number of benzene rings is 1. The fourth-order valence-electron chi connectivity index (χ4n) is 3.15. The average Bonchev–Trinajstić information content (AvgIpc) is 3.34. The van der Waals surface area contributed by atoms with Gasteiger partial charge >= 0.3 is 0 Å². The molecule has 136 valence electrons. The molecule has 0 atom stereocenters. The first-order chi connectivity index (χ1) is 12.6. The number of nitrogens with zero attached hydrogens (tertiary/aromatic N) is 4. The number of hydrogen-bond acceptors (Lipinski definition) is 4. The number of halogens is 2. The van der Waals surface area contributed by atoms with Crippen molar-refractivity contribution >= 4 is 40.5 Å². The zero-order valence-corrected chi connectivity index (χ0v) is 16.2. The maximum Gasteiger partial charge on any atom is 0.232 e. The van der Waals surface area contributed by atoms with Gasteiger partial charge in [-0.05, 0) is 43.9 Å². The molecule has 1 N–H and O–H groups in total. The molecule has 0 radical (unpaired) electrons. The molecule has 0 unspecified atom stereocenters. The third-order valence-electron chi connectivity index (χ3n) is 4.74. The first-order valence-corrected chi connectivity index (χ1v) is 9.79. The molecular weight excluding hydrogens is 369 g/mol. The van der Waals surface area contributed by atoms with Gasteiger partial charge in [-0.2, -0.15) is 14.6 Å². The van der Waals surface area contributed by atoms with Gasteiger partial charge < -0.3 is 5.32 Å². The third kappa shape index (κ3) is 3.94. The molecule has 0 aliphatic heterocycles. The lowest BCUT2D eigenvalue weighted by molar-refractivity contribution is 0.629. The Balaban J connectivity index is 1.56. The van der Waals surface area contributed by atoms with Crippen LogP contribution in [0, 0.1) is 12.8 Å². The van der Waals surface area contributed by atoms with Gasteiger partial charge in [0.2, 0.25) is 5.95 Å². The lowest BCUT2D eigenvalue weighted by atomic mass is 10.1. The van der Waals surface area contributed by atoms with Crippen molar-refractivity contribution in [3.05, 3.63) is 45.8 Å². The van der Waals surface area contributed by atoms with E-state index in [2.05, 4.69) is 20.4 Å². The van der Waals surface area contributed by atoms with Crippen LogP contribution in [0.4, 0.5) is 11.6 Å². The minimum Gasteiger partial charge on any atom is -0.323 e. The SMILES string of the molecule is Cc1nc(Nc2ccc(Cl)cc2Cl)n2ncc(CCCCC3CC3)c2n1. The van der Waals surface area contributed by atoms with Crippen LogP contribution in [-0.2, 0) is 6.42 Å². The molecule has 1 fully saturated rings. The van der Waals surface area contributed by atoms with Gasteiger partial charge in [0.25, 0.3) is 0 Å². The number of unbranched alkanes of at least 4 members (excludes halogenated alkanes) is 1. The molecule has 26 heavy (non-hydrogen) atoms. The molecule has 0 amide bonds. The molecule has 0 saturated heterocycles. The Morgan fingerprint density at radius 3 is 2.81 bits per heavy atom. The second-order valence-corrected chi connectivity index (χ2v) is 7.78. The Morgan fingerprint density at radius 1 is 1.19 bits per heavy atom. The smallest absolute Gasteiger partial charge is 0.232 e. The van der Waals surface area contributed by atoms with Crippen LogP contribution in [0.5, 0.6) is 0 Å². The molecule has 3 aromatic rings. The van der Waals surface area contributed by atoms with E-state index in [0.717, 1.165) is 29.2 Å². The lowest BCUT2D eigenvalue weighted by Gasteiger charge is -2.10. The summed E-state index contributed by atoms with van der Waals surface area (Å²) in [6.45, 7) is 1.89. The molecule has 2 heterocycles. The molecule has 5 nitrogen and oxygen atoms in total. The Kier molecular flexibility index (Phi) is 5.00. The van der Waals surface area contributed by atoms with E-state index in [9.17, 15) is 0 Å². The maximum absolute atomic E-state index is 6.27. The number of anilines is 2. The van der Waals surface area contributed by atoms with Gasteiger partial charge in [-0.3, -0.25) is 0 Å². The van der Waals surface area contributed by atoms with Crippen LogP contribution in [0.1, 0.15) is 43.5 Å². The van der Waals surface area contributed by atoms with E-state index in [0.29, 0.717) is 21.8 Å². The standard InChI is InChI=1S/C19H21Cl2N5/c1-12-23-18-14(5-3-2-4-13-6-7-13)11-22-26(18)19(24-12)25-17-9-8-15(20)10-16(17)21/h8-11,13H,2-7H2,1H3,(H,23,24,25). The van der Waals surface area contributed by atoms with Crippen LogP contribution in [0.15, 0.2) is 24.4 Å². The van der Waals surface area contributed by atoms with Gasteiger partial charge in [0.05, 0.1) is 16.9 Å². The summed E-state index contributed by atoms with van der Waals surface area (Å²) < 4.78 is 1.74. The first-order valence-electron chi connectivity index (χ1n) is 9.03. The molecular formula is C19H21Cl2N5. The molecule has 1 aromatic carbocycles. The highest BCUT2D eigenvalue weighted by Gasteiger charge is 2.20. The molecule has 2 aromatic heterocycles. The largest absolute Gasteiger partial charge is 0.323 e. The second-order valence-electron chi connectivity index (χ2n) is 6.94. The topological polar surface area (TPSA) is 55.1 Å². The number of aryl methyl sites for hydroxylation is 2. The Labute approximate surface area is 162 Å². The Morgan fingerprint density at radius 2 is 2.04 bits per heavy atom. The molecule has 4 rings (SSSR count). The molecule has 1 aliphatic rings. The number of aromatic nitrogens is 4. The van der Waals surface area contributed by atoms with Crippen molar-refractivity contribution in [2.45, 2.75) is 45.4 Å². The quantitative estimate of drug-likeness (QED) is 0.533.